The van der Waals surface area contributed by atoms with Crippen molar-refractivity contribution in [3.05, 3.63) is 161 Å². The van der Waals surface area contributed by atoms with Crippen LogP contribution in [-0.4, -0.2) is 37.4 Å². The molecule has 0 aromatic heterocycles. The zero-order chi connectivity index (χ0) is 36.7. The van der Waals surface area contributed by atoms with Crippen molar-refractivity contribution in [2.75, 3.05) is 24.4 Å². The molecule has 0 radical (unpaired) electrons. The predicted octanol–water partition coefficient (Wildman–Crippen LogP) is 8.53. The fourth-order valence-corrected chi connectivity index (χ4v) is 5.98. The van der Waals surface area contributed by atoms with E-state index in [-0.39, 0.29) is 11.6 Å². The number of amides is 3. The third-order valence-electron chi connectivity index (χ3n) is 7.78. The molecule has 0 saturated carbocycles. The molecule has 10 heteroatoms. The molecule has 0 saturated heterocycles. The fourth-order valence-electron chi connectivity index (χ4n) is 4.95. The third kappa shape index (κ3) is 10.7. The van der Waals surface area contributed by atoms with Gasteiger partial charge in [-0.3, -0.25) is 14.4 Å². The lowest BCUT2D eigenvalue weighted by Gasteiger charge is -2.18. The minimum absolute atomic E-state index is 0.0553. The van der Waals surface area contributed by atoms with E-state index in [1.807, 2.05) is 55.5 Å². The molecule has 9 nitrogen and oxygen atoms in total. The quantitative estimate of drug-likeness (QED) is 0.0430. The summed E-state index contributed by atoms with van der Waals surface area (Å²) in [7, 11) is 1.57. The van der Waals surface area contributed by atoms with Crippen LogP contribution in [0.4, 0.5) is 11.4 Å². The second-order valence-electron chi connectivity index (χ2n) is 11.6. The molecule has 5 rings (SSSR count). The molecule has 5 aromatic carbocycles. The summed E-state index contributed by atoms with van der Waals surface area (Å²) >= 11 is 1.36. The molecule has 1 atom stereocenters. The number of carbonyl (C=O) groups excluding carboxylic acids is 4. The zero-order valence-corrected chi connectivity index (χ0v) is 29.7. The Morgan fingerprint density at radius 3 is 1.96 bits per heavy atom. The van der Waals surface area contributed by atoms with Crippen molar-refractivity contribution in [1.29, 1.82) is 0 Å². The van der Waals surface area contributed by atoms with Crippen molar-refractivity contribution in [1.82, 2.24) is 5.32 Å². The number of benzene rings is 5. The molecule has 5 aromatic rings. The smallest absolute Gasteiger partial charge is 0.338 e. The summed E-state index contributed by atoms with van der Waals surface area (Å²) < 4.78 is 10.5. The Kier molecular flexibility index (Phi) is 13.4. The van der Waals surface area contributed by atoms with Crippen LogP contribution in [0.5, 0.6) is 5.75 Å². The maximum atomic E-state index is 13.6. The minimum atomic E-state index is -0.604. The van der Waals surface area contributed by atoms with E-state index in [1.165, 1.54) is 11.8 Å². The van der Waals surface area contributed by atoms with Crippen LogP contribution in [0.1, 0.15) is 56.9 Å². The number of anilines is 2. The van der Waals surface area contributed by atoms with Gasteiger partial charge >= 0.3 is 5.97 Å². The van der Waals surface area contributed by atoms with Crippen LogP contribution in [-0.2, 0) is 14.3 Å². The summed E-state index contributed by atoms with van der Waals surface area (Å²) in [4.78, 5) is 53.3. The summed E-state index contributed by atoms with van der Waals surface area (Å²) in [5, 5.41) is 7.97. The van der Waals surface area contributed by atoms with Crippen molar-refractivity contribution in [2.24, 2.45) is 0 Å². The standard InChI is InChI=1S/C42H39N3O6S/c1-3-4-27-51-42(49)32-17-19-33(20-18-32)44-41(48)38(30-11-7-5-8-12-30)52-36-25-21-34(22-26-36)43-40(47)37(28-29-15-23-35(50-2)24-16-29)45-39(46)31-13-9-6-10-14-31/h5-26,28,38H,3-4,27H2,1-2H3,(H,43,47)(H,44,48)(H,45,46)/b37-28-. The van der Waals surface area contributed by atoms with Gasteiger partial charge in [-0.15, -0.1) is 11.8 Å². The van der Waals surface area contributed by atoms with Crippen LogP contribution in [0, 0.1) is 0 Å². The first kappa shape index (κ1) is 37.1. The van der Waals surface area contributed by atoms with Crippen LogP contribution in [0.3, 0.4) is 0 Å². The van der Waals surface area contributed by atoms with E-state index in [4.69, 9.17) is 9.47 Å². The highest BCUT2D eigenvalue weighted by molar-refractivity contribution is 8.00. The first-order valence-electron chi connectivity index (χ1n) is 16.8. The van der Waals surface area contributed by atoms with Gasteiger partial charge in [0.05, 0.1) is 19.3 Å². The maximum Gasteiger partial charge on any atom is 0.338 e. The lowest BCUT2D eigenvalue weighted by atomic mass is 10.1. The molecule has 0 heterocycles. The van der Waals surface area contributed by atoms with E-state index in [9.17, 15) is 19.2 Å². The van der Waals surface area contributed by atoms with Gasteiger partial charge in [0, 0.05) is 21.8 Å². The number of hydrogen-bond donors (Lipinski definition) is 3. The minimum Gasteiger partial charge on any atom is -0.497 e. The van der Waals surface area contributed by atoms with E-state index in [0.29, 0.717) is 40.4 Å². The molecular weight excluding hydrogens is 675 g/mol. The van der Waals surface area contributed by atoms with Gasteiger partial charge in [-0.2, -0.15) is 0 Å². The molecule has 0 bridgehead atoms. The second kappa shape index (κ2) is 18.7. The largest absolute Gasteiger partial charge is 0.497 e. The normalized spacial score (nSPS) is 11.5. The van der Waals surface area contributed by atoms with Crippen LogP contribution < -0.4 is 20.7 Å². The number of rotatable bonds is 15. The van der Waals surface area contributed by atoms with Crippen molar-refractivity contribution < 1.29 is 28.7 Å². The van der Waals surface area contributed by atoms with Gasteiger partial charge in [0.15, 0.2) is 0 Å². The molecule has 3 amide bonds. The van der Waals surface area contributed by atoms with Crippen molar-refractivity contribution in [2.45, 2.75) is 29.9 Å². The highest BCUT2D eigenvalue weighted by atomic mass is 32.2. The molecular formula is C42H39N3O6S. The first-order valence-corrected chi connectivity index (χ1v) is 17.6. The number of unbranched alkanes of at least 4 members (excludes halogenated alkanes) is 1. The molecule has 264 valence electrons. The lowest BCUT2D eigenvalue weighted by Crippen LogP contribution is -2.30. The number of ether oxygens (including phenoxy) is 2. The summed E-state index contributed by atoms with van der Waals surface area (Å²) in [6.07, 6.45) is 3.32. The molecule has 0 aliphatic heterocycles. The average molecular weight is 714 g/mol. The maximum absolute atomic E-state index is 13.6. The fraction of sp³-hybridized carbons (Fsp3) is 0.143. The molecule has 0 fully saturated rings. The Morgan fingerprint density at radius 1 is 0.712 bits per heavy atom. The molecule has 0 spiro atoms. The van der Waals surface area contributed by atoms with E-state index in [1.54, 1.807) is 98.1 Å². The predicted molar refractivity (Wildman–Crippen MR) is 205 cm³/mol. The molecule has 1 unspecified atom stereocenters. The second-order valence-corrected chi connectivity index (χ2v) is 12.8. The SMILES string of the molecule is CCCCOC(=O)c1ccc(NC(=O)C(Sc2ccc(NC(=O)/C(=C/c3ccc(OC)cc3)NC(=O)c3ccccc3)cc2)c2ccccc2)cc1. The van der Waals surface area contributed by atoms with Crippen LogP contribution in [0.15, 0.2) is 144 Å². The zero-order valence-electron chi connectivity index (χ0n) is 28.8. The van der Waals surface area contributed by atoms with Gasteiger partial charge in [-0.1, -0.05) is 74.0 Å². The molecule has 0 aliphatic rings. The van der Waals surface area contributed by atoms with Gasteiger partial charge in [0.1, 0.15) is 16.7 Å². The van der Waals surface area contributed by atoms with Gasteiger partial charge in [0.2, 0.25) is 5.91 Å². The highest BCUT2D eigenvalue weighted by Gasteiger charge is 2.23. The van der Waals surface area contributed by atoms with Gasteiger partial charge < -0.3 is 25.4 Å². The Balaban J connectivity index is 1.28. The first-order chi connectivity index (χ1) is 25.3. The Bertz CT molecular complexity index is 1980. The van der Waals surface area contributed by atoms with E-state index in [0.717, 1.165) is 23.3 Å². The summed E-state index contributed by atoms with van der Waals surface area (Å²) in [5.74, 6) is -0.910. The summed E-state index contributed by atoms with van der Waals surface area (Å²) in [5.41, 5.74) is 3.43. The highest BCUT2D eigenvalue weighted by Crippen LogP contribution is 2.37. The lowest BCUT2D eigenvalue weighted by molar-refractivity contribution is -0.116. The molecule has 3 N–H and O–H groups in total. The number of nitrogens with one attached hydrogen (secondary N) is 3. The van der Waals surface area contributed by atoms with E-state index < -0.39 is 23.0 Å². The van der Waals surface area contributed by atoms with Crippen LogP contribution >= 0.6 is 11.8 Å². The number of thioether (sulfide) groups is 1. The van der Waals surface area contributed by atoms with Gasteiger partial charge in [-0.05, 0) is 96.4 Å². The van der Waals surface area contributed by atoms with Crippen LogP contribution in [0.2, 0.25) is 0 Å². The van der Waals surface area contributed by atoms with Crippen molar-refractivity contribution in [3.63, 3.8) is 0 Å². The Hall–Kier alpha value is -6.13. The molecule has 52 heavy (non-hydrogen) atoms. The third-order valence-corrected chi connectivity index (χ3v) is 9.05. The topological polar surface area (TPSA) is 123 Å². The number of hydrogen-bond acceptors (Lipinski definition) is 7. The van der Waals surface area contributed by atoms with Crippen molar-refractivity contribution in [3.8, 4) is 5.75 Å². The number of esters is 1. The molecule has 0 aliphatic carbocycles. The summed E-state index contributed by atoms with van der Waals surface area (Å²) in [6, 6.07) is 38.9. The van der Waals surface area contributed by atoms with Crippen molar-refractivity contribution >= 4 is 52.9 Å². The number of methoxy groups -OCH3 is 1. The Morgan fingerprint density at radius 2 is 1.33 bits per heavy atom. The summed E-state index contributed by atoms with van der Waals surface area (Å²) in [6.45, 7) is 2.39. The number of carbonyl (C=O) groups is 4. The van der Waals surface area contributed by atoms with Gasteiger partial charge in [-0.25, -0.2) is 4.79 Å². The van der Waals surface area contributed by atoms with Gasteiger partial charge in [0.25, 0.3) is 11.8 Å². The monoisotopic (exact) mass is 713 g/mol. The average Bonchev–Trinajstić information content (AvgIpc) is 3.18. The Labute approximate surface area is 307 Å². The van der Waals surface area contributed by atoms with E-state index >= 15 is 0 Å². The van der Waals surface area contributed by atoms with Crippen LogP contribution in [0.25, 0.3) is 6.08 Å². The van der Waals surface area contributed by atoms with E-state index in [2.05, 4.69) is 16.0 Å².